The molecule has 0 rings (SSSR count). The standard InChI is InChI=1S/C72H144N3O10P/c1-16-19-22-25-28-31-34-37-40-43-46-49-52-55-58-67(80-64(4)76)61-70(7,73(10)11)83-86(79,84-71(8,74(12)13)62-68(81-65(5)77)59-56-53-50-47-44-41-38-35-32-29-26-23-20-17-2)85-72(9,75(14)15)63-69(82-66(6)78)60-57-54-51-48-45-42-39-36-33-30-27-24-21-18-3/h67-69H,16-63H2,1-15H3. The lowest BCUT2D eigenvalue weighted by atomic mass is 9.99. The average Bonchev–Trinajstić information content (AvgIpc) is 0.938. The van der Waals surface area contributed by atoms with Gasteiger partial charge in [-0.15, -0.1) is 0 Å². The summed E-state index contributed by atoms with van der Waals surface area (Å²) in [6, 6.07) is 0. The summed E-state index contributed by atoms with van der Waals surface area (Å²) in [5.74, 6) is -1.16. The fourth-order valence-corrected chi connectivity index (χ4v) is 14.2. The summed E-state index contributed by atoms with van der Waals surface area (Å²) in [5, 5.41) is 0. The minimum absolute atomic E-state index is 0.191. The van der Waals surface area contributed by atoms with E-state index >= 15 is 4.57 Å². The van der Waals surface area contributed by atoms with E-state index in [9.17, 15) is 14.4 Å². The number of carbonyl (C=O) groups is 3. The first-order valence-electron chi connectivity index (χ1n) is 36.3. The molecule has 0 heterocycles. The van der Waals surface area contributed by atoms with Crippen LogP contribution in [0.2, 0.25) is 0 Å². The van der Waals surface area contributed by atoms with E-state index in [-0.39, 0.29) is 37.2 Å². The Balaban J connectivity index is 6.58. The maximum atomic E-state index is 16.4. The SMILES string of the molecule is CCCCCCCCCCCCCCCCC(CC(C)(OP(=O)(OC(C)(CC(CCCCCCCCCCCCCCCC)OC(C)=O)N(C)C)OC(C)(CC(CCCCCCCCCCCCCCCC)OC(C)=O)N(C)C)N(C)C)OC(C)=O. The largest absolute Gasteiger partial charge is 0.480 e. The van der Waals surface area contributed by atoms with Gasteiger partial charge >= 0.3 is 25.7 Å². The predicted molar refractivity (Wildman–Crippen MR) is 362 cm³/mol. The molecule has 0 bridgehead atoms. The number of rotatable bonds is 63. The van der Waals surface area contributed by atoms with Gasteiger partial charge in [-0.3, -0.25) is 42.7 Å². The van der Waals surface area contributed by atoms with E-state index in [1.54, 1.807) is 0 Å². The number of hydrogen-bond donors (Lipinski definition) is 0. The summed E-state index contributed by atoms with van der Waals surface area (Å²) >= 11 is 0. The lowest BCUT2D eigenvalue weighted by Gasteiger charge is -2.47. The summed E-state index contributed by atoms with van der Waals surface area (Å²) in [6.45, 7) is 16.7. The van der Waals surface area contributed by atoms with Crippen molar-refractivity contribution in [3.05, 3.63) is 0 Å². The van der Waals surface area contributed by atoms with Gasteiger partial charge in [0.15, 0.2) is 0 Å². The zero-order valence-corrected chi connectivity index (χ0v) is 60.4. The van der Waals surface area contributed by atoms with Gasteiger partial charge in [0.2, 0.25) is 0 Å². The van der Waals surface area contributed by atoms with E-state index in [0.717, 1.165) is 57.8 Å². The van der Waals surface area contributed by atoms with Crippen LogP contribution < -0.4 is 0 Å². The highest BCUT2D eigenvalue weighted by atomic mass is 31.2. The van der Waals surface area contributed by atoms with Crippen LogP contribution in [0.25, 0.3) is 0 Å². The molecular formula is C72H144N3O10P. The normalized spacial score (nSPS) is 15.9. The Hall–Kier alpha value is -1.60. The zero-order valence-electron chi connectivity index (χ0n) is 59.5. The molecule has 0 radical (unpaired) electrons. The number of unbranched alkanes of at least 4 members (excludes halogenated alkanes) is 39. The van der Waals surface area contributed by atoms with Crippen LogP contribution >= 0.6 is 7.82 Å². The predicted octanol–water partition coefficient (Wildman–Crippen LogP) is 21.6. The molecule has 0 fully saturated rings. The molecule has 0 saturated carbocycles. The van der Waals surface area contributed by atoms with Crippen molar-refractivity contribution in [2.45, 2.75) is 406 Å². The summed E-state index contributed by atoms with van der Waals surface area (Å²) in [7, 11) is 6.41. The van der Waals surface area contributed by atoms with E-state index < -0.39 is 43.3 Å². The van der Waals surface area contributed by atoms with Crippen LogP contribution in [0.1, 0.15) is 371 Å². The number of carbonyl (C=O) groups excluding carboxylic acids is 3. The summed E-state index contributed by atoms with van der Waals surface area (Å²) in [5.41, 5.74) is -4.00. The van der Waals surface area contributed by atoms with Crippen molar-refractivity contribution in [2.24, 2.45) is 0 Å². The van der Waals surface area contributed by atoms with Gasteiger partial charge in [0, 0.05) is 40.0 Å². The van der Waals surface area contributed by atoms with Crippen molar-refractivity contribution in [1.29, 1.82) is 0 Å². The van der Waals surface area contributed by atoms with Crippen LogP contribution in [0.3, 0.4) is 0 Å². The number of nitrogens with zero attached hydrogens (tertiary/aromatic N) is 3. The second-order valence-electron chi connectivity index (χ2n) is 27.4. The van der Waals surface area contributed by atoms with Gasteiger partial charge in [0.05, 0.1) is 0 Å². The molecule has 0 aromatic heterocycles. The quantitative estimate of drug-likeness (QED) is 0.0188. The Morgan fingerprint density at radius 1 is 0.302 bits per heavy atom. The summed E-state index contributed by atoms with van der Waals surface area (Å²) < 4.78 is 55.5. The molecule has 0 N–H and O–H groups in total. The highest BCUT2D eigenvalue weighted by molar-refractivity contribution is 7.48. The number of phosphoric acid groups is 1. The van der Waals surface area contributed by atoms with Crippen molar-refractivity contribution in [1.82, 2.24) is 14.7 Å². The molecule has 0 saturated heterocycles. The van der Waals surface area contributed by atoms with Gasteiger partial charge in [-0.05, 0) is 102 Å². The molecule has 0 aromatic rings. The van der Waals surface area contributed by atoms with Crippen molar-refractivity contribution in [2.75, 3.05) is 42.3 Å². The molecular weight excluding hydrogens is 1100 g/mol. The van der Waals surface area contributed by atoms with Crippen LogP contribution in [0.15, 0.2) is 0 Å². The molecule has 6 unspecified atom stereocenters. The van der Waals surface area contributed by atoms with Crippen molar-refractivity contribution < 1.29 is 46.7 Å². The number of hydrogen-bond acceptors (Lipinski definition) is 13. The molecule has 0 spiro atoms. The number of phosphoric ester groups is 1. The van der Waals surface area contributed by atoms with Gasteiger partial charge in [-0.1, -0.05) is 271 Å². The lowest BCUT2D eigenvalue weighted by molar-refractivity contribution is -0.176. The molecule has 0 aliphatic carbocycles. The molecule has 86 heavy (non-hydrogen) atoms. The monoisotopic (exact) mass is 1240 g/mol. The molecule has 0 aromatic carbocycles. The van der Waals surface area contributed by atoms with Gasteiger partial charge in [-0.25, -0.2) is 4.57 Å². The molecule has 0 amide bonds. The topological polar surface area (TPSA) is 133 Å². The fourth-order valence-electron chi connectivity index (χ4n) is 12.0. The van der Waals surface area contributed by atoms with Crippen LogP contribution in [-0.4, -0.2) is 110 Å². The molecule has 13 nitrogen and oxygen atoms in total. The Labute approximate surface area is 533 Å². The van der Waals surface area contributed by atoms with Crippen LogP contribution in [0.5, 0.6) is 0 Å². The van der Waals surface area contributed by atoms with Crippen molar-refractivity contribution in [3.63, 3.8) is 0 Å². The molecule has 14 heteroatoms. The molecule has 0 aliphatic heterocycles. The zero-order chi connectivity index (χ0) is 64.4. The van der Waals surface area contributed by atoms with E-state index in [2.05, 4.69) is 20.8 Å². The highest BCUT2D eigenvalue weighted by Gasteiger charge is 2.52. The fraction of sp³-hybridized carbons (Fsp3) is 0.958. The first kappa shape index (κ1) is 84.4. The lowest BCUT2D eigenvalue weighted by Crippen LogP contribution is -2.52. The second kappa shape index (κ2) is 53.0. The summed E-state index contributed by atoms with van der Waals surface area (Å²) in [4.78, 5) is 43.9. The van der Waals surface area contributed by atoms with Gasteiger partial charge in [0.25, 0.3) is 0 Å². The first-order chi connectivity index (χ1) is 41.0. The van der Waals surface area contributed by atoms with Gasteiger partial charge < -0.3 is 14.2 Å². The molecule has 0 aliphatic rings. The Kier molecular flexibility index (Phi) is 52.0. The van der Waals surface area contributed by atoms with Crippen LogP contribution in [0, 0.1) is 0 Å². The number of esters is 3. The van der Waals surface area contributed by atoms with Crippen LogP contribution in [0.4, 0.5) is 0 Å². The molecule has 6 atom stereocenters. The molecule has 512 valence electrons. The Morgan fingerprint density at radius 3 is 0.593 bits per heavy atom. The third-order valence-electron chi connectivity index (χ3n) is 18.2. The van der Waals surface area contributed by atoms with Crippen LogP contribution in [-0.2, 0) is 46.7 Å². The highest BCUT2D eigenvalue weighted by Crippen LogP contribution is 2.61. The van der Waals surface area contributed by atoms with E-state index in [4.69, 9.17) is 27.8 Å². The Morgan fingerprint density at radius 2 is 0.453 bits per heavy atom. The maximum Gasteiger partial charge on any atom is 0.480 e. The summed E-state index contributed by atoms with van der Waals surface area (Å²) in [6.07, 6.45) is 53.2. The van der Waals surface area contributed by atoms with E-state index in [1.165, 1.54) is 233 Å². The van der Waals surface area contributed by atoms with E-state index in [1.807, 2.05) is 77.8 Å². The van der Waals surface area contributed by atoms with Crippen molar-refractivity contribution in [3.8, 4) is 0 Å². The van der Waals surface area contributed by atoms with Gasteiger partial charge in [-0.2, -0.15) is 0 Å². The minimum atomic E-state index is -4.75. The van der Waals surface area contributed by atoms with Crippen molar-refractivity contribution >= 4 is 25.7 Å². The van der Waals surface area contributed by atoms with E-state index in [0.29, 0.717) is 19.3 Å². The third kappa shape index (κ3) is 45.6. The third-order valence-corrected chi connectivity index (χ3v) is 20.1. The second-order valence-corrected chi connectivity index (χ2v) is 28.8. The average molecular weight is 1240 g/mol. The van der Waals surface area contributed by atoms with Gasteiger partial charge in [0.1, 0.15) is 35.5 Å². The smallest absolute Gasteiger partial charge is 0.462 e. The Bertz CT molecular complexity index is 1490. The number of ether oxygens (including phenoxy) is 3. The maximum absolute atomic E-state index is 16.4. The minimum Gasteiger partial charge on any atom is -0.462 e. The first-order valence-corrected chi connectivity index (χ1v) is 37.7.